The molecule has 0 spiro atoms. The molecule has 0 atom stereocenters. The van der Waals surface area contributed by atoms with E-state index in [2.05, 4.69) is 24.0 Å². The molecule has 0 fully saturated rings. The van der Waals surface area contributed by atoms with Gasteiger partial charge in [0.15, 0.2) is 0 Å². The van der Waals surface area contributed by atoms with E-state index in [-0.39, 0.29) is 11.9 Å². The molecular formula is C9H16N2O. The van der Waals surface area contributed by atoms with E-state index in [1.54, 1.807) is 0 Å². The maximum absolute atomic E-state index is 10.5. The van der Waals surface area contributed by atoms with E-state index in [1.807, 2.05) is 12.2 Å². The Morgan fingerprint density at radius 3 is 2.25 bits per heavy atom. The fourth-order valence-electron chi connectivity index (χ4n) is 0.820. The molecule has 0 aliphatic carbocycles. The standard InChI is InChI=1S/C9H16N2O/c1-4-6-9(7-5-2)11-10-8(3)12/h4-5,9,11H,1-2,6-7H2,3H3,(H,10,12). The molecule has 12 heavy (non-hydrogen) atoms. The molecule has 0 saturated heterocycles. The Kier molecular flexibility index (Phi) is 6.01. The maximum Gasteiger partial charge on any atom is 0.230 e. The Labute approximate surface area is 73.5 Å². The molecular weight excluding hydrogens is 152 g/mol. The Balaban J connectivity index is 3.68. The summed E-state index contributed by atoms with van der Waals surface area (Å²) in [6.45, 7) is 8.71. The first-order chi connectivity index (χ1) is 5.70. The second-order valence-corrected chi connectivity index (χ2v) is 2.57. The first-order valence-electron chi connectivity index (χ1n) is 3.94. The molecule has 68 valence electrons. The number of hydrogen-bond donors (Lipinski definition) is 2. The molecule has 2 N–H and O–H groups in total. The molecule has 0 radical (unpaired) electrons. The van der Waals surface area contributed by atoms with Gasteiger partial charge in [-0.05, 0) is 12.8 Å². The molecule has 3 nitrogen and oxygen atoms in total. The van der Waals surface area contributed by atoms with Crippen molar-refractivity contribution in [1.29, 1.82) is 0 Å². The Hall–Kier alpha value is -1.09. The van der Waals surface area contributed by atoms with Gasteiger partial charge in [-0.2, -0.15) is 0 Å². The summed E-state index contributed by atoms with van der Waals surface area (Å²) in [6, 6.07) is 0.198. The van der Waals surface area contributed by atoms with Crippen LogP contribution in [0.25, 0.3) is 0 Å². The van der Waals surface area contributed by atoms with Gasteiger partial charge < -0.3 is 0 Å². The first-order valence-corrected chi connectivity index (χ1v) is 3.94. The summed E-state index contributed by atoms with van der Waals surface area (Å²) in [7, 11) is 0. The monoisotopic (exact) mass is 168 g/mol. The van der Waals surface area contributed by atoms with Crippen molar-refractivity contribution < 1.29 is 4.79 Å². The van der Waals surface area contributed by atoms with Gasteiger partial charge >= 0.3 is 0 Å². The van der Waals surface area contributed by atoms with Gasteiger partial charge in [0, 0.05) is 13.0 Å². The van der Waals surface area contributed by atoms with Crippen LogP contribution < -0.4 is 10.9 Å². The summed E-state index contributed by atoms with van der Waals surface area (Å²) in [5.74, 6) is -0.0897. The highest BCUT2D eigenvalue weighted by atomic mass is 16.2. The second kappa shape index (κ2) is 6.61. The quantitative estimate of drug-likeness (QED) is 0.461. The third kappa shape index (κ3) is 5.68. The van der Waals surface area contributed by atoms with Gasteiger partial charge in [0.05, 0.1) is 0 Å². The molecule has 0 unspecified atom stereocenters. The molecule has 0 aromatic heterocycles. The van der Waals surface area contributed by atoms with Crippen LogP contribution in [0.4, 0.5) is 0 Å². The highest BCUT2D eigenvalue weighted by molar-refractivity contribution is 5.72. The SMILES string of the molecule is C=CCC(CC=C)NNC(C)=O. The lowest BCUT2D eigenvalue weighted by molar-refractivity contribution is -0.120. The summed E-state index contributed by atoms with van der Waals surface area (Å²) >= 11 is 0. The number of carbonyl (C=O) groups is 1. The number of amides is 1. The Bertz CT molecular complexity index is 156. The van der Waals surface area contributed by atoms with Gasteiger partial charge in [-0.3, -0.25) is 10.2 Å². The van der Waals surface area contributed by atoms with E-state index < -0.39 is 0 Å². The van der Waals surface area contributed by atoms with Gasteiger partial charge in [0.1, 0.15) is 0 Å². The van der Waals surface area contributed by atoms with Gasteiger partial charge in [0.25, 0.3) is 0 Å². The van der Waals surface area contributed by atoms with Crippen molar-refractivity contribution in [3.63, 3.8) is 0 Å². The van der Waals surface area contributed by atoms with Crippen molar-refractivity contribution in [2.45, 2.75) is 25.8 Å². The largest absolute Gasteiger partial charge is 0.292 e. The molecule has 0 saturated carbocycles. The summed E-state index contributed by atoms with van der Waals surface area (Å²) in [5.41, 5.74) is 5.41. The minimum atomic E-state index is -0.0897. The lowest BCUT2D eigenvalue weighted by Gasteiger charge is -2.14. The van der Waals surface area contributed by atoms with E-state index in [0.717, 1.165) is 12.8 Å². The van der Waals surface area contributed by atoms with E-state index in [4.69, 9.17) is 0 Å². The third-order valence-corrected chi connectivity index (χ3v) is 1.35. The van der Waals surface area contributed by atoms with Crippen molar-refractivity contribution in [2.75, 3.05) is 0 Å². The van der Waals surface area contributed by atoms with Gasteiger partial charge in [0.2, 0.25) is 5.91 Å². The molecule has 1 amide bonds. The van der Waals surface area contributed by atoms with E-state index in [1.165, 1.54) is 6.92 Å². The van der Waals surface area contributed by atoms with Crippen LogP contribution in [0.1, 0.15) is 19.8 Å². The minimum absolute atomic E-state index is 0.0897. The topological polar surface area (TPSA) is 41.1 Å². The van der Waals surface area contributed by atoms with Crippen LogP contribution in [-0.2, 0) is 4.79 Å². The summed E-state index contributed by atoms with van der Waals surface area (Å²) in [6.07, 6.45) is 5.24. The van der Waals surface area contributed by atoms with Crippen LogP contribution in [0.15, 0.2) is 25.3 Å². The predicted octanol–water partition coefficient (Wildman–Crippen LogP) is 1.15. The predicted molar refractivity (Wildman–Crippen MR) is 50.4 cm³/mol. The van der Waals surface area contributed by atoms with Crippen molar-refractivity contribution in [3.8, 4) is 0 Å². The van der Waals surface area contributed by atoms with Crippen molar-refractivity contribution in [3.05, 3.63) is 25.3 Å². The van der Waals surface area contributed by atoms with Crippen molar-refractivity contribution in [2.24, 2.45) is 0 Å². The highest BCUT2D eigenvalue weighted by Crippen LogP contribution is 1.97. The summed E-state index contributed by atoms with van der Waals surface area (Å²) in [4.78, 5) is 10.5. The zero-order chi connectivity index (χ0) is 9.40. The van der Waals surface area contributed by atoms with Gasteiger partial charge in [-0.1, -0.05) is 12.2 Å². The highest BCUT2D eigenvalue weighted by Gasteiger charge is 2.03. The second-order valence-electron chi connectivity index (χ2n) is 2.57. The molecule has 0 bridgehead atoms. The molecule has 3 heteroatoms. The Morgan fingerprint density at radius 1 is 1.42 bits per heavy atom. The lowest BCUT2D eigenvalue weighted by atomic mass is 10.1. The average Bonchev–Trinajstić information content (AvgIpc) is 2.01. The van der Waals surface area contributed by atoms with Crippen molar-refractivity contribution >= 4 is 5.91 Å². The number of hydrazine groups is 1. The molecule has 0 aliphatic rings. The summed E-state index contributed by atoms with van der Waals surface area (Å²) in [5, 5.41) is 0. The number of rotatable bonds is 6. The van der Waals surface area contributed by atoms with Crippen LogP contribution in [0.5, 0.6) is 0 Å². The Morgan fingerprint density at radius 2 is 1.92 bits per heavy atom. The molecule has 0 heterocycles. The summed E-state index contributed by atoms with van der Waals surface area (Å²) < 4.78 is 0. The maximum atomic E-state index is 10.5. The third-order valence-electron chi connectivity index (χ3n) is 1.35. The zero-order valence-electron chi connectivity index (χ0n) is 7.47. The van der Waals surface area contributed by atoms with Crippen LogP contribution in [0, 0.1) is 0 Å². The number of hydrogen-bond acceptors (Lipinski definition) is 2. The van der Waals surface area contributed by atoms with Crippen LogP contribution in [0.2, 0.25) is 0 Å². The minimum Gasteiger partial charge on any atom is -0.292 e. The zero-order valence-corrected chi connectivity index (χ0v) is 7.47. The van der Waals surface area contributed by atoms with E-state index in [9.17, 15) is 4.79 Å². The lowest BCUT2D eigenvalue weighted by Crippen LogP contribution is -2.42. The first kappa shape index (κ1) is 10.9. The van der Waals surface area contributed by atoms with Crippen LogP contribution >= 0.6 is 0 Å². The number of nitrogens with one attached hydrogen (secondary N) is 2. The number of carbonyl (C=O) groups excluding carboxylic acids is 1. The van der Waals surface area contributed by atoms with Crippen LogP contribution in [0.3, 0.4) is 0 Å². The fraction of sp³-hybridized carbons (Fsp3) is 0.444. The van der Waals surface area contributed by atoms with Gasteiger partial charge in [-0.15, -0.1) is 13.2 Å². The molecule has 0 aromatic rings. The molecule has 0 aromatic carbocycles. The molecule has 0 aliphatic heterocycles. The normalized spacial score (nSPS) is 9.50. The molecule has 0 rings (SSSR count). The van der Waals surface area contributed by atoms with Crippen LogP contribution in [-0.4, -0.2) is 11.9 Å². The van der Waals surface area contributed by atoms with Crippen molar-refractivity contribution in [1.82, 2.24) is 10.9 Å². The van der Waals surface area contributed by atoms with E-state index >= 15 is 0 Å². The van der Waals surface area contributed by atoms with E-state index in [0.29, 0.717) is 0 Å². The average molecular weight is 168 g/mol. The smallest absolute Gasteiger partial charge is 0.230 e. The fourth-order valence-corrected chi connectivity index (χ4v) is 0.820. The van der Waals surface area contributed by atoms with Gasteiger partial charge in [-0.25, -0.2) is 5.43 Å².